The van der Waals surface area contributed by atoms with Crippen LogP contribution in [-0.2, 0) is 17.6 Å². The highest BCUT2D eigenvalue weighted by molar-refractivity contribution is 8.19. The van der Waals surface area contributed by atoms with Crippen LogP contribution in [0.15, 0.2) is 70.6 Å². The van der Waals surface area contributed by atoms with Gasteiger partial charge in [0.15, 0.2) is 16.7 Å². The van der Waals surface area contributed by atoms with Gasteiger partial charge in [0.05, 0.1) is 28.4 Å². The van der Waals surface area contributed by atoms with Crippen LogP contribution < -0.4 is 9.64 Å². The lowest BCUT2D eigenvalue weighted by atomic mass is 10.1. The summed E-state index contributed by atoms with van der Waals surface area (Å²) in [5, 5.41) is 10.8. The topological polar surface area (TPSA) is 62.1 Å². The van der Waals surface area contributed by atoms with Crippen LogP contribution in [0.25, 0.3) is 6.08 Å². The van der Waals surface area contributed by atoms with Crippen molar-refractivity contribution >= 4 is 51.9 Å². The van der Waals surface area contributed by atoms with Crippen LogP contribution in [-0.4, -0.2) is 23.3 Å². The van der Waals surface area contributed by atoms with E-state index in [4.69, 9.17) is 21.3 Å². The fourth-order valence-electron chi connectivity index (χ4n) is 3.80. The molecule has 0 spiro atoms. The quantitative estimate of drug-likeness (QED) is 0.377. The number of phenolic OH excluding ortho intramolecular Hbond substituents is 1. The van der Waals surface area contributed by atoms with Gasteiger partial charge in [-0.3, -0.25) is 9.69 Å². The minimum atomic E-state index is -0.165. The predicted molar refractivity (Wildman–Crippen MR) is 141 cm³/mol. The molecule has 0 unspecified atom stereocenters. The third-order valence-electron chi connectivity index (χ3n) is 5.58. The molecule has 0 aliphatic carbocycles. The molecule has 174 valence electrons. The van der Waals surface area contributed by atoms with E-state index in [1.807, 2.05) is 48.5 Å². The molecule has 3 aromatic carbocycles. The zero-order chi connectivity index (χ0) is 24.2. The monoisotopic (exact) mass is 492 g/mol. The van der Waals surface area contributed by atoms with Gasteiger partial charge < -0.3 is 9.84 Å². The highest BCUT2D eigenvalue weighted by Crippen LogP contribution is 2.41. The van der Waals surface area contributed by atoms with E-state index in [1.54, 1.807) is 23.1 Å². The van der Waals surface area contributed by atoms with Gasteiger partial charge in [0.1, 0.15) is 0 Å². The number of phenols is 1. The Hall–Kier alpha value is -3.22. The number of methoxy groups -OCH3 is 1. The summed E-state index contributed by atoms with van der Waals surface area (Å²) in [5.74, 6) is -0.0517. The number of hydrogen-bond donors (Lipinski definition) is 1. The third-order valence-corrected chi connectivity index (χ3v) is 6.83. The molecule has 0 atom stereocenters. The third kappa shape index (κ3) is 4.69. The maximum atomic E-state index is 13.7. The number of halogens is 1. The van der Waals surface area contributed by atoms with Gasteiger partial charge in [0.2, 0.25) is 0 Å². The highest BCUT2D eigenvalue weighted by atomic mass is 35.5. The van der Waals surface area contributed by atoms with E-state index >= 15 is 0 Å². The van der Waals surface area contributed by atoms with Crippen molar-refractivity contribution in [2.75, 3.05) is 12.0 Å². The number of amides is 1. The van der Waals surface area contributed by atoms with Gasteiger partial charge in [0.25, 0.3) is 5.91 Å². The van der Waals surface area contributed by atoms with E-state index in [9.17, 15) is 9.90 Å². The van der Waals surface area contributed by atoms with Gasteiger partial charge in [-0.2, -0.15) is 0 Å². The molecule has 1 aliphatic heterocycles. The van der Waals surface area contributed by atoms with Crippen LogP contribution in [0.3, 0.4) is 0 Å². The molecule has 1 fully saturated rings. The average Bonchev–Trinajstić information content (AvgIpc) is 3.15. The standard InChI is InChI=1S/C27H25ClN2O3S/c1-4-18-10-6-8-12-21(18)29-27-30(22-13-9-7-11-19(22)5-2)26(32)24(34-27)16-17-14-20(28)25(31)23(15-17)33-3/h6-16,31H,4-5H2,1-3H3. The highest BCUT2D eigenvalue weighted by Gasteiger charge is 2.36. The minimum Gasteiger partial charge on any atom is -0.503 e. The molecule has 0 saturated carbocycles. The number of benzene rings is 3. The normalized spacial score (nSPS) is 16.0. The van der Waals surface area contributed by atoms with Crippen LogP contribution in [0.2, 0.25) is 5.02 Å². The number of hydrogen-bond acceptors (Lipinski definition) is 5. The molecule has 0 aromatic heterocycles. The largest absolute Gasteiger partial charge is 0.503 e. The first-order valence-corrected chi connectivity index (χ1v) is 12.2. The van der Waals surface area contributed by atoms with Gasteiger partial charge in [-0.25, -0.2) is 4.99 Å². The summed E-state index contributed by atoms with van der Waals surface area (Å²) < 4.78 is 5.21. The van der Waals surface area contributed by atoms with Crippen molar-refractivity contribution in [3.63, 3.8) is 0 Å². The molecule has 7 heteroatoms. The smallest absolute Gasteiger partial charge is 0.271 e. The van der Waals surface area contributed by atoms with E-state index in [0.717, 1.165) is 35.3 Å². The second-order valence-corrected chi connectivity index (χ2v) is 9.08. The SMILES string of the molecule is CCc1ccccc1N=C1SC(=Cc2cc(Cl)c(O)c(OC)c2)C(=O)N1c1ccccc1CC. The molecule has 34 heavy (non-hydrogen) atoms. The summed E-state index contributed by atoms with van der Waals surface area (Å²) in [6, 6.07) is 19.1. The maximum Gasteiger partial charge on any atom is 0.271 e. The number of ether oxygens (including phenoxy) is 1. The lowest BCUT2D eigenvalue weighted by molar-refractivity contribution is -0.113. The summed E-state index contributed by atoms with van der Waals surface area (Å²) >= 11 is 7.48. The fourth-order valence-corrected chi connectivity index (χ4v) is 5.00. The number of para-hydroxylation sites is 2. The molecule has 3 aromatic rings. The Morgan fingerprint density at radius 1 is 1.06 bits per heavy atom. The van der Waals surface area contributed by atoms with Crippen LogP contribution in [0.1, 0.15) is 30.5 Å². The number of aromatic hydroxyl groups is 1. The number of aliphatic imine (C=N–C) groups is 1. The summed E-state index contributed by atoms with van der Waals surface area (Å²) in [7, 11) is 1.46. The van der Waals surface area contributed by atoms with Gasteiger partial charge in [0, 0.05) is 0 Å². The number of rotatable bonds is 6. The predicted octanol–water partition coefficient (Wildman–Crippen LogP) is 6.99. The number of aryl methyl sites for hydroxylation is 2. The van der Waals surface area contributed by atoms with Gasteiger partial charge in [-0.05, 0) is 71.6 Å². The lowest BCUT2D eigenvalue weighted by Crippen LogP contribution is -2.29. The summed E-state index contributed by atoms with van der Waals surface area (Å²) in [6.07, 6.45) is 3.37. The first kappa shape index (κ1) is 23.9. The number of amidine groups is 1. The van der Waals surface area contributed by atoms with Crippen LogP contribution in [0.5, 0.6) is 11.5 Å². The van der Waals surface area contributed by atoms with Gasteiger partial charge in [-0.1, -0.05) is 61.8 Å². The van der Waals surface area contributed by atoms with Gasteiger partial charge >= 0.3 is 0 Å². The Morgan fingerprint density at radius 2 is 1.74 bits per heavy atom. The van der Waals surface area contributed by atoms with E-state index < -0.39 is 0 Å². The number of carbonyl (C=O) groups excluding carboxylic acids is 1. The fraction of sp³-hybridized carbons (Fsp3) is 0.185. The van der Waals surface area contributed by atoms with Crippen molar-refractivity contribution in [3.05, 3.63) is 87.3 Å². The van der Waals surface area contributed by atoms with Crippen molar-refractivity contribution in [2.24, 2.45) is 4.99 Å². The Labute approximate surface area is 208 Å². The molecule has 0 bridgehead atoms. The van der Waals surface area contributed by atoms with Crippen LogP contribution in [0.4, 0.5) is 11.4 Å². The second kappa shape index (κ2) is 10.4. The lowest BCUT2D eigenvalue weighted by Gasteiger charge is -2.19. The minimum absolute atomic E-state index is 0.131. The average molecular weight is 493 g/mol. The van der Waals surface area contributed by atoms with E-state index in [1.165, 1.54) is 18.9 Å². The van der Waals surface area contributed by atoms with Crippen molar-refractivity contribution in [1.82, 2.24) is 0 Å². The number of thioether (sulfide) groups is 1. The first-order chi connectivity index (χ1) is 16.5. The van der Waals surface area contributed by atoms with Crippen molar-refractivity contribution in [2.45, 2.75) is 26.7 Å². The Kier molecular flexibility index (Phi) is 7.29. The Morgan fingerprint density at radius 3 is 2.44 bits per heavy atom. The molecule has 1 heterocycles. The molecule has 5 nitrogen and oxygen atoms in total. The van der Waals surface area contributed by atoms with E-state index in [0.29, 0.717) is 15.6 Å². The van der Waals surface area contributed by atoms with Crippen molar-refractivity contribution in [1.29, 1.82) is 0 Å². The molecular formula is C27H25ClN2O3S. The molecular weight excluding hydrogens is 468 g/mol. The van der Waals surface area contributed by atoms with Crippen LogP contribution in [0, 0.1) is 0 Å². The second-order valence-electron chi connectivity index (χ2n) is 7.66. The molecule has 1 N–H and O–H groups in total. The molecule has 1 aliphatic rings. The number of carbonyl (C=O) groups is 1. The number of nitrogens with zero attached hydrogens (tertiary/aromatic N) is 2. The summed E-state index contributed by atoms with van der Waals surface area (Å²) in [4.78, 5) is 20.8. The Bertz CT molecular complexity index is 1300. The molecule has 1 amide bonds. The molecule has 4 rings (SSSR count). The maximum absolute atomic E-state index is 13.7. The summed E-state index contributed by atoms with van der Waals surface area (Å²) in [6.45, 7) is 4.15. The molecule has 1 saturated heterocycles. The Balaban J connectivity index is 1.85. The van der Waals surface area contributed by atoms with Crippen molar-refractivity contribution < 1.29 is 14.6 Å². The summed E-state index contributed by atoms with van der Waals surface area (Å²) in [5.41, 5.74) is 4.48. The molecule has 0 radical (unpaired) electrons. The van der Waals surface area contributed by atoms with E-state index in [-0.39, 0.29) is 22.4 Å². The first-order valence-electron chi connectivity index (χ1n) is 11.0. The van der Waals surface area contributed by atoms with E-state index in [2.05, 4.69) is 13.8 Å². The zero-order valence-electron chi connectivity index (χ0n) is 19.2. The zero-order valence-corrected chi connectivity index (χ0v) is 20.8. The van der Waals surface area contributed by atoms with Gasteiger partial charge in [-0.15, -0.1) is 0 Å². The van der Waals surface area contributed by atoms with Crippen LogP contribution >= 0.6 is 23.4 Å². The number of anilines is 1. The van der Waals surface area contributed by atoms with Crippen molar-refractivity contribution in [3.8, 4) is 11.5 Å².